The van der Waals surface area contributed by atoms with Crippen LogP contribution < -0.4 is 5.32 Å². The lowest BCUT2D eigenvalue weighted by atomic mass is 10.1. The van der Waals surface area contributed by atoms with Crippen LogP contribution in [0.3, 0.4) is 0 Å². The molecule has 5 heteroatoms. The minimum Gasteiger partial charge on any atom is -0.464 e. The molecule has 1 unspecified atom stereocenters. The number of carbonyl (C=O) groups is 2. The molecular weight excluding hydrogens is 244 g/mol. The number of carbonyl (C=O) groups excluding carboxylic acids is 2. The summed E-state index contributed by atoms with van der Waals surface area (Å²) in [4.78, 5) is 25.7. The number of piperazine rings is 1. The summed E-state index contributed by atoms with van der Waals surface area (Å²) in [6.45, 7) is 6.13. The van der Waals surface area contributed by atoms with Gasteiger partial charge >= 0.3 is 5.97 Å². The molecule has 1 amide bonds. The third-order valence-electron chi connectivity index (χ3n) is 3.37. The molecule has 0 saturated carbocycles. The average molecular weight is 270 g/mol. The fourth-order valence-electron chi connectivity index (χ4n) is 2.30. The molecule has 1 N–H and O–H groups in total. The molecular formula is C14H26N2O3. The Kier molecular flexibility index (Phi) is 7.48. The number of hydrogen-bond acceptors (Lipinski definition) is 4. The second kappa shape index (κ2) is 8.91. The van der Waals surface area contributed by atoms with Gasteiger partial charge in [0.25, 0.3) is 0 Å². The second-order valence-electron chi connectivity index (χ2n) is 4.87. The number of ether oxygens (including phenoxy) is 1. The molecule has 110 valence electrons. The first kappa shape index (κ1) is 16.0. The van der Waals surface area contributed by atoms with Crippen LogP contribution in [0.25, 0.3) is 0 Å². The molecule has 1 aliphatic rings. The predicted octanol–water partition coefficient (Wildman–Crippen LogP) is 1.32. The van der Waals surface area contributed by atoms with Crippen molar-refractivity contribution < 1.29 is 14.3 Å². The molecule has 5 nitrogen and oxygen atoms in total. The molecule has 0 aromatic carbocycles. The summed E-state index contributed by atoms with van der Waals surface area (Å²) in [7, 11) is 0. The summed E-state index contributed by atoms with van der Waals surface area (Å²) >= 11 is 0. The zero-order valence-electron chi connectivity index (χ0n) is 12.1. The van der Waals surface area contributed by atoms with Crippen LogP contribution in [0.5, 0.6) is 0 Å². The van der Waals surface area contributed by atoms with Gasteiger partial charge in [-0.25, -0.2) is 4.79 Å². The van der Waals surface area contributed by atoms with Crippen LogP contribution >= 0.6 is 0 Å². The van der Waals surface area contributed by atoms with E-state index in [0.29, 0.717) is 26.1 Å². The van der Waals surface area contributed by atoms with Crippen molar-refractivity contribution >= 4 is 11.9 Å². The number of nitrogens with one attached hydrogen (secondary N) is 1. The maximum absolute atomic E-state index is 12.2. The Bertz CT molecular complexity index is 294. The zero-order chi connectivity index (χ0) is 14.1. The highest BCUT2D eigenvalue weighted by atomic mass is 16.5. The second-order valence-corrected chi connectivity index (χ2v) is 4.87. The van der Waals surface area contributed by atoms with Crippen molar-refractivity contribution in [2.24, 2.45) is 0 Å². The molecule has 0 spiro atoms. The van der Waals surface area contributed by atoms with Gasteiger partial charge in [-0.3, -0.25) is 4.79 Å². The monoisotopic (exact) mass is 270 g/mol. The van der Waals surface area contributed by atoms with E-state index in [1.54, 1.807) is 11.8 Å². The van der Waals surface area contributed by atoms with E-state index in [-0.39, 0.29) is 11.9 Å². The normalized spacial score (nSPS) is 19.3. The van der Waals surface area contributed by atoms with Gasteiger partial charge in [0.15, 0.2) is 0 Å². The number of nitrogens with zero attached hydrogens (tertiary/aromatic N) is 1. The van der Waals surface area contributed by atoms with Gasteiger partial charge in [0.05, 0.1) is 6.61 Å². The van der Waals surface area contributed by atoms with Crippen molar-refractivity contribution in [3.8, 4) is 0 Å². The Morgan fingerprint density at radius 3 is 2.74 bits per heavy atom. The van der Waals surface area contributed by atoms with Crippen LogP contribution in [0.4, 0.5) is 0 Å². The first-order chi connectivity index (χ1) is 9.20. The molecule has 1 saturated heterocycles. The van der Waals surface area contributed by atoms with E-state index in [4.69, 9.17) is 4.74 Å². The Hall–Kier alpha value is -1.10. The summed E-state index contributed by atoms with van der Waals surface area (Å²) in [5.41, 5.74) is 0. The molecule has 1 aliphatic heterocycles. The first-order valence-electron chi connectivity index (χ1n) is 7.37. The Balaban J connectivity index is 2.46. The lowest BCUT2D eigenvalue weighted by Crippen LogP contribution is -2.57. The third-order valence-corrected chi connectivity index (χ3v) is 3.37. The van der Waals surface area contributed by atoms with Gasteiger partial charge in [0.1, 0.15) is 6.04 Å². The molecule has 0 aromatic rings. The maximum atomic E-state index is 12.2. The van der Waals surface area contributed by atoms with Crippen LogP contribution in [0.15, 0.2) is 0 Å². The summed E-state index contributed by atoms with van der Waals surface area (Å²) in [5, 5.41) is 3.14. The van der Waals surface area contributed by atoms with Gasteiger partial charge in [0.2, 0.25) is 5.91 Å². The number of unbranched alkanes of at least 4 members (excludes halogenated alkanes) is 3. The highest BCUT2D eigenvalue weighted by Crippen LogP contribution is 2.11. The van der Waals surface area contributed by atoms with E-state index < -0.39 is 6.04 Å². The van der Waals surface area contributed by atoms with Gasteiger partial charge in [0, 0.05) is 26.1 Å². The van der Waals surface area contributed by atoms with Crippen LogP contribution in [0, 0.1) is 0 Å². The van der Waals surface area contributed by atoms with Crippen molar-refractivity contribution in [1.82, 2.24) is 10.2 Å². The molecule has 1 heterocycles. The lowest BCUT2D eigenvalue weighted by Gasteiger charge is -2.34. The molecule has 0 radical (unpaired) electrons. The largest absolute Gasteiger partial charge is 0.464 e. The van der Waals surface area contributed by atoms with Crippen molar-refractivity contribution in [3.63, 3.8) is 0 Å². The highest BCUT2D eigenvalue weighted by Gasteiger charge is 2.32. The van der Waals surface area contributed by atoms with Crippen molar-refractivity contribution in [2.45, 2.75) is 52.0 Å². The fourth-order valence-corrected chi connectivity index (χ4v) is 2.30. The van der Waals surface area contributed by atoms with Gasteiger partial charge in [-0.1, -0.05) is 26.2 Å². The number of amides is 1. The minimum atomic E-state index is -0.452. The molecule has 1 atom stereocenters. The highest BCUT2D eigenvalue weighted by molar-refractivity contribution is 5.85. The van der Waals surface area contributed by atoms with E-state index in [0.717, 1.165) is 32.2 Å². The first-order valence-corrected chi connectivity index (χ1v) is 7.37. The van der Waals surface area contributed by atoms with E-state index in [9.17, 15) is 9.59 Å². The Morgan fingerprint density at radius 2 is 2.05 bits per heavy atom. The minimum absolute atomic E-state index is 0.0793. The molecule has 1 fully saturated rings. The van der Waals surface area contributed by atoms with Crippen LogP contribution in [-0.2, 0) is 14.3 Å². The summed E-state index contributed by atoms with van der Waals surface area (Å²) in [5.74, 6) is -0.215. The van der Waals surface area contributed by atoms with Crippen LogP contribution in [0.1, 0.15) is 46.0 Å². The van der Waals surface area contributed by atoms with Gasteiger partial charge in [-0.15, -0.1) is 0 Å². The van der Waals surface area contributed by atoms with Gasteiger partial charge in [-0.05, 0) is 13.3 Å². The average Bonchev–Trinajstić information content (AvgIpc) is 2.43. The van der Waals surface area contributed by atoms with Gasteiger partial charge in [-0.2, -0.15) is 0 Å². The van der Waals surface area contributed by atoms with E-state index in [1.165, 1.54) is 0 Å². The summed E-state index contributed by atoms with van der Waals surface area (Å²) in [6.07, 6.45) is 4.85. The number of hydrogen-bond donors (Lipinski definition) is 1. The predicted molar refractivity (Wildman–Crippen MR) is 73.8 cm³/mol. The van der Waals surface area contributed by atoms with Gasteiger partial charge < -0.3 is 15.0 Å². The van der Waals surface area contributed by atoms with Crippen LogP contribution in [-0.4, -0.2) is 49.1 Å². The van der Waals surface area contributed by atoms with E-state index in [2.05, 4.69) is 12.2 Å². The molecule has 1 rings (SSSR count). The molecule has 0 aromatic heterocycles. The van der Waals surface area contributed by atoms with Crippen molar-refractivity contribution in [2.75, 3.05) is 26.2 Å². The Labute approximate surface area is 115 Å². The van der Waals surface area contributed by atoms with Crippen LogP contribution in [0.2, 0.25) is 0 Å². The fraction of sp³-hybridized carbons (Fsp3) is 0.857. The maximum Gasteiger partial charge on any atom is 0.330 e. The SMILES string of the molecule is CCCCCCC(=O)N1CCNCC1C(=O)OCC. The van der Waals surface area contributed by atoms with Crippen molar-refractivity contribution in [3.05, 3.63) is 0 Å². The molecule has 19 heavy (non-hydrogen) atoms. The van der Waals surface area contributed by atoms with Crippen molar-refractivity contribution in [1.29, 1.82) is 0 Å². The quantitative estimate of drug-likeness (QED) is 0.560. The summed E-state index contributed by atoms with van der Waals surface area (Å²) in [6, 6.07) is -0.452. The zero-order valence-corrected chi connectivity index (χ0v) is 12.1. The number of esters is 1. The van der Waals surface area contributed by atoms with E-state index >= 15 is 0 Å². The topological polar surface area (TPSA) is 58.6 Å². The number of rotatable bonds is 7. The lowest BCUT2D eigenvalue weighted by molar-refractivity contribution is -0.155. The molecule has 0 bridgehead atoms. The summed E-state index contributed by atoms with van der Waals surface area (Å²) < 4.78 is 5.03. The standard InChI is InChI=1S/C14H26N2O3/c1-3-5-6-7-8-13(17)16-10-9-15-11-12(16)14(18)19-4-2/h12,15H,3-11H2,1-2H3. The molecule has 0 aliphatic carbocycles. The third kappa shape index (κ3) is 5.19. The van der Waals surface area contributed by atoms with E-state index in [1.807, 2.05) is 0 Å². The Morgan fingerprint density at radius 1 is 1.26 bits per heavy atom. The smallest absolute Gasteiger partial charge is 0.330 e.